The first-order valence-corrected chi connectivity index (χ1v) is 7.78. The first-order valence-electron chi connectivity index (χ1n) is 7.78. The van der Waals surface area contributed by atoms with Gasteiger partial charge in [-0.15, -0.1) is 0 Å². The standard InChI is InChI=1S/C17H25NO/c1-19-16-11-9-14(10-12-16)17-8-5-13-18(17)15-6-3-2-4-7-15/h9-12,15,17H,2-8,13H2,1H3. The molecule has 1 aromatic carbocycles. The van der Waals surface area contributed by atoms with Crippen molar-refractivity contribution >= 4 is 0 Å². The molecule has 2 nitrogen and oxygen atoms in total. The van der Waals surface area contributed by atoms with E-state index >= 15 is 0 Å². The fourth-order valence-corrected chi connectivity index (χ4v) is 3.82. The lowest BCUT2D eigenvalue weighted by Gasteiger charge is -2.35. The predicted molar refractivity (Wildman–Crippen MR) is 78.5 cm³/mol. The molecule has 0 spiro atoms. The van der Waals surface area contributed by atoms with Crippen molar-refractivity contribution in [1.82, 2.24) is 4.90 Å². The lowest BCUT2D eigenvalue weighted by molar-refractivity contribution is 0.142. The molecule has 1 aromatic rings. The van der Waals surface area contributed by atoms with Crippen LogP contribution in [0.1, 0.15) is 56.6 Å². The smallest absolute Gasteiger partial charge is 0.118 e. The number of hydrogen-bond donors (Lipinski definition) is 0. The van der Waals surface area contributed by atoms with Crippen LogP contribution in [0.3, 0.4) is 0 Å². The Labute approximate surface area is 116 Å². The molecule has 1 saturated carbocycles. The summed E-state index contributed by atoms with van der Waals surface area (Å²) in [5.74, 6) is 0.964. The average Bonchev–Trinajstić information content (AvgIpc) is 2.98. The van der Waals surface area contributed by atoms with Crippen molar-refractivity contribution in [3.63, 3.8) is 0 Å². The molecule has 1 saturated heterocycles. The molecule has 0 amide bonds. The molecule has 0 aromatic heterocycles. The Kier molecular flexibility index (Phi) is 4.07. The van der Waals surface area contributed by atoms with Gasteiger partial charge in [-0.1, -0.05) is 31.4 Å². The Hall–Kier alpha value is -1.02. The van der Waals surface area contributed by atoms with Crippen LogP contribution in [0.4, 0.5) is 0 Å². The Bertz CT molecular complexity index is 394. The molecule has 2 aliphatic rings. The maximum atomic E-state index is 5.26. The molecule has 19 heavy (non-hydrogen) atoms. The maximum Gasteiger partial charge on any atom is 0.118 e. The molecule has 2 fully saturated rings. The largest absolute Gasteiger partial charge is 0.497 e. The molecule has 1 heterocycles. The molecule has 1 aliphatic carbocycles. The lowest BCUT2D eigenvalue weighted by atomic mass is 9.92. The molecule has 1 atom stereocenters. The topological polar surface area (TPSA) is 12.5 Å². The molecule has 0 radical (unpaired) electrons. The van der Waals surface area contributed by atoms with Crippen molar-refractivity contribution in [3.8, 4) is 5.75 Å². The molecule has 1 unspecified atom stereocenters. The summed E-state index contributed by atoms with van der Waals surface area (Å²) in [6, 6.07) is 10.2. The molecule has 0 bridgehead atoms. The zero-order valence-corrected chi connectivity index (χ0v) is 12.0. The van der Waals surface area contributed by atoms with Gasteiger partial charge < -0.3 is 4.74 Å². The van der Waals surface area contributed by atoms with E-state index in [1.807, 2.05) is 0 Å². The van der Waals surface area contributed by atoms with Crippen LogP contribution in [0.2, 0.25) is 0 Å². The normalized spacial score (nSPS) is 25.6. The van der Waals surface area contributed by atoms with Crippen molar-refractivity contribution in [1.29, 1.82) is 0 Å². The Morgan fingerprint density at radius 2 is 1.68 bits per heavy atom. The van der Waals surface area contributed by atoms with Crippen LogP contribution >= 0.6 is 0 Å². The molecule has 0 N–H and O–H groups in total. The van der Waals surface area contributed by atoms with Gasteiger partial charge in [0.25, 0.3) is 0 Å². The lowest BCUT2D eigenvalue weighted by Crippen LogP contribution is -2.36. The van der Waals surface area contributed by atoms with E-state index in [1.54, 1.807) is 7.11 Å². The zero-order valence-electron chi connectivity index (χ0n) is 12.0. The Morgan fingerprint density at radius 3 is 2.37 bits per heavy atom. The second kappa shape index (κ2) is 5.96. The summed E-state index contributed by atoms with van der Waals surface area (Å²) < 4.78 is 5.26. The van der Waals surface area contributed by atoms with Gasteiger partial charge in [0.2, 0.25) is 0 Å². The van der Waals surface area contributed by atoms with Gasteiger partial charge in [0.05, 0.1) is 7.11 Å². The third-order valence-electron chi connectivity index (χ3n) is 4.84. The number of nitrogens with zero attached hydrogens (tertiary/aromatic N) is 1. The van der Waals surface area contributed by atoms with Gasteiger partial charge in [-0.2, -0.15) is 0 Å². The van der Waals surface area contributed by atoms with Crippen molar-refractivity contribution in [3.05, 3.63) is 29.8 Å². The maximum absolute atomic E-state index is 5.26. The van der Waals surface area contributed by atoms with Crippen LogP contribution < -0.4 is 4.74 Å². The van der Waals surface area contributed by atoms with Gasteiger partial charge in [-0.25, -0.2) is 0 Å². The van der Waals surface area contributed by atoms with Crippen molar-refractivity contribution in [2.24, 2.45) is 0 Å². The number of rotatable bonds is 3. The van der Waals surface area contributed by atoms with E-state index in [0.717, 1.165) is 11.8 Å². The Balaban J connectivity index is 1.74. The quantitative estimate of drug-likeness (QED) is 0.808. The molecular formula is C17H25NO. The SMILES string of the molecule is COc1ccc(C2CCCN2C2CCCCC2)cc1. The van der Waals surface area contributed by atoms with Gasteiger partial charge in [0.1, 0.15) is 5.75 Å². The van der Waals surface area contributed by atoms with Crippen LogP contribution in [-0.4, -0.2) is 24.6 Å². The summed E-state index contributed by atoms with van der Waals surface area (Å²) in [6.07, 6.45) is 9.79. The summed E-state index contributed by atoms with van der Waals surface area (Å²) in [7, 11) is 1.74. The monoisotopic (exact) mass is 259 g/mol. The van der Waals surface area contributed by atoms with Crippen LogP contribution in [0.5, 0.6) is 5.75 Å². The van der Waals surface area contributed by atoms with Gasteiger partial charge in [0.15, 0.2) is 0 Å². The van der Waals surface area contributed by atoms with E-state index in [9.17, 15) is 0 Å². The van der Waals surface area contributed by atoms with Gasteiger partial charge in [-0.3, -0.25) is 4.90 Å². The third-order valence-corrected chi connectivity index (χ3v) is 4.84. The highest BCUT2D eigenvalue weighted by Gasteiger charge is 2.32. The first-order chi connectivity index (χ1) is 9.38. The van der Waals surface area contributed by atoms with Crippen LogP contribution in [0.25, 0.3) is 0 Å². The van der Waals surface area contributed by atoms with E-state index in [1.165, 1.54) is 57.1 Å². The van der Waals surface area contributed by atoms with Gasteiger partial charge in [-0.05, 0) is 49.9 Å². The first kappa shape index (κ1) is 13.0. The number of likely N-dealkylation sites (tertiary alicyclic amines) is 1. The van der Waals surface area contributed by atoms with Crippen LogP contribution in [0.15, 0.2) is 24.3 Å². The van der Waals surface area contributed by atoms with Crippen LogP contribution in [0, 0.1) is 0 Å². The zero-order chi connectivity index (χ0) is 13.1. The molecule has 2 heteroatoms. The number of hydrogen-bond acceptors (Lipinski definition) is 2. The minimum absolute atomic E-state index is 0.647. The third kappa shape index (κ3) is 2.79. The second-order valence-corrected chi connectivity index (χ2v) is 5.96. The van der Waals surface area contributed by atoms with Crippen LogP contribution in [-0.2, 0) is 0 Å². The Morgan fingerprint density at radius 1 is 0.947 bits per heavy atom. The average molecular weight is 259 g/mol. The fraction of sp³-hybridized carbons (Fsp3) is 0.647. The van der Waals surface area contributed by atoms with Gasteiger partial charge in [0, 0.05) is 12.1 Å². The summed E-state index contributed by atoms with van der Waals surface area (Å²) >= 11 is 0. The minimum Gasteiger partial charge on any atom is -0.497 e. The molecule has 104 valence electrons. The van der Waals surface area contributed by atoms with Crippen molar-refractivity contribution in [2.45, 2.75) is 57.0 Å². The summed E-state index contributed by atoms with van der Waals surface area (Å²) in [5.41, 5.74) is 1.48. The van der Waals surface area contributed by atoms with Crippen molar-refractivity contribution in [2.75, 3.05) is 13.7 Å². The highest BCUT2D eigenvalue weighted by molar-refractivity contribution is 5.29. The van der Waals surface area contributed by atoms with E-state index < -0.39 is 0 Å². The molecule has 1 aliphatic heterocycles. The highest BCUT2D eigenvalue weighted by Crippen LogP contribution is 2.37. The van der Waals surface area contributed by atoms with E-state index in [-0.39, 0.29) is 0 Å². The predicted octanol–water partition coefficient (Wildman–Crippen LogP) is 4.16. The van der Waals surface area contributed by atoms with Gasteiger partial charge >= 0.3 is 0 Å². The summed E-state index contributed by atoms with van der Waals surface area (Å²) in [5, 5.41) is 0. The number of ether oxygens (including phenoxy) is 1. The van der Waals surface area contributed by atoms with Crippen molar-refractivity contribution < 1.29 is 4.74 Å². The number of benzene rings is 1. The van der Waals surface area contributed by atoms with E-state index in [4.69, 9.17) is 4.74 Å². The second-order valence-electron chi connectivity index (χ2n) is 5.96. The summed E-state index contributed by atoms with van der Waals surface area (Å²) in [6.45, 7) is 1.29. The summed E-state index contributed by atoms with van der Waals surface area (Å²) in [4.78, 5) is 2.78. The van der Waals surface area contributed by atoms with E-state index in [0.29, 0.717) is 6.04 Å². The molecule has 3 rings (SSSR count). The highest BCUT2D eigenvalue weighted by atomic mass is 16.5. The van der Waals surface area contributed by atoms with E-state index in [2.05, 4.69) is 29.2 Å². The number of methoxy groups -OCH3 is 1. The minimum atomic E-state index is 0.647. The fourth-order valence-electron chi connectivity index (χ4n) is 3.82. The molecular weight excluding hydrogens is 234 g/mol.